The second-order valence-corrected chi connectivity index (χ2v) is 7.79. The average Bonchev–Trinajstić information content (AvgIpc) is 2.88. The van der Waals surface area contributed by atoms with Crippen LogP contribution in [-0.2, 0) is 5.41 Å². The molecule has 0 aromatic heterocycles. The Morgan fingerprint density at radius 1 is 1.27 bits per heavy atom. The summed E-state index contributed by atoms with van der Waals surface area (Å²) in [4.78, 5) is 4.84. The summed E-state index contributed by atoms with van der Waals surface area (Å²) in [6.45, 7) is 13.0. The second-order valence-electron chi connectivity index (χ2n) is 7.79. The number of benzene rings is 1. The van der Waals surface area contributed by atoms with Gasteiger partial charge in [0.25, 0.3) is 0 Å². The normalized spacial score (nSPS) is 19.9. The fourth-order valence-corrected chi connectivity index (χ4v) is 2.94. The molecular weight excluding hydrogens is 272 g/mol. The van der Waals surface area contributed by atoms with Crippen LogP contribution in [0.15, 0.2) is 18.2 Å². The van der Waals surface area contributed by atoms with Gasteiger partial charge in [0.1, 0.15) is 12.4 Å². The van der Waals surface area contributed by atoms with Gasteiger partial charge in [-0.05, 0) is 56.6 Å². The third kappa shape index (κ3) is 4.47. The minimum Gasteiger partial charge on any atom is -0.492 e. The highest BCUT2D eigenvalue weighted by Gasteiger charge is 2.23. The van der Waals surface area contributed by atoms with Gasteiger partial charge >= 0.3 is 0 Å². The van der Waals surface area contributed by atoms with Gasteiger partial charge in [0.2, 0.25) is 0 Å². The highest BCUT2D eigenvalue weighted by molar-refractivity contribution is 5.39. The Kier molecular flexibility index (Phi) is 5.51. The van der Waals surface area contributed by atoms with Crippen molar-refractivity contribution in [1.82, 2.24) is 9.80 Å². The highest BCUT2D eigenvalue weighted by atomic mass is 16.5. The first-order valence-electron chi connectivity index (χ1n) is 8.40. The van der Waals surface area contributed by atoms with Crippen molar-refractivity contribution in [1.29, 1.82) is 0 Å². The Labute approximate surface area is 136 Å². The molecule has 3 heteroatoms. The molecule has 0 saturated carbocycles. The van der Waals surface area contributed by atoms with E-state index in [2.05, 4.69) is 69.8 Å². The van der Waals surface area contributed by atoms with Gasteiger partial charge in [0, 0.05) is 19.1 Å². The van der Waals surface area contributed by atoms with E-state index in [-0.39, 0.29) is 5.41 Å². The topological polar surface area (TPSA) is 15.7 Å². The van der Waals surface area contributed by atoms with Crippen molar-refractivity contribution in [2.75, 3.05) is 40.3 Å². The van der Waals surface area contributed by atoms with Crippen molar-refractivity contribution < 1.29 is 4.74 Å². The standard InChI is InChI=1S/C19H32N2O/c1-15-7-8-16(19(2,3)4)13-18(15)22-12-11-21-10-9-17(14-21)20(5)6/h7-8,13,17H,9-12,14H2,1-6H3. The monoisotopic (exact) mass is 304 g/mol. The SMILES string of the molecule is Cc1ccc(C(C)(C)C)cc1OCCN1CCC(N(C)C)C1. The first-order valence-corrected chi connectivity index (χ1v) is 8.40. The van der Waals surface area contributed by atoms with E-state index in [1.807, 2.05) is 0 Å². The fraction of sp³-hybridized carbons (Fsp3) is 0.684. The van der Waals surface area contributed by atoms with Crippen LogP contribution in [-0.4, -0.2) is 56.2 Å². The first kappa shape index (κ1) is 17.3. The van der Waals surface area contributed by atoms with E-state index in [1.165, 1.54) is 24.1 Å². The Bertz CT molecular complexity index is 491. The lowest BCUT2D eigenvalue weighted by atomic mass is 9.86. The van der Waals surface area contributed by atoms with Gasteiger partial charge in [-0.3, -0.25) is 4.90 Å². The van der Waals surface area contributed by atoms with Crippen LogP contribution in [0.25, 0.3) is 0 Å². The summed E-state index contributed by atoms with van der Waals surface area (Å²) < 4.78 is 6.07. The van der Waals surface area contributed by atoms with Crippen LogP contribution in [0.4, 0.5) is 0 Å². The molecule has 0 aliphatic carbocycles. The molecule has 1 aliphatic heterocycles. The quantitative estimate of drug-likeness (QED) is 0.830. The summed E-state index contributed by atoms with van der Waals surface area (Å²) in [5.74, 6) is 1.04. The molecule has 1 fully saturated rings. The molecule has 0 bridgehead atoms. The van der Waals surface area contributed by atoms with Crippen molar-refractivity contribution in [2.45, 2.75) is 45.6 Å². The number of aryl methyl sites for hydroxylation is 1. The molecule has 1 aliphatic rings. The van der Waals surface area contributed by atoms with E-state index in [9.17, 15) is 0 Å². The second kappa shape index (κ2) is 7.01. The molecule has 1 unspecified atom stereocenters. The molecule has 0 spiro atoms. The van der Waals surface area contributed by atoms with Gasteiger partial charge in [0.05, 0.1) is 0 Å². The molecule has 124 valence electrons. The minimum atomic E-state index is 0.166. The lowest BCUT2D eigenvalue weighted by Gasteiger charge is -2.22. The van der Waals surface area contributed by atoms with Gasteiger partial charge < -0.3 is 9.64 Å². The molecular formula is C19H32N2O. The molecule has 0 N–H and O–H groups in total. The molecule has 22 heavy (non-hydrogen) atoms. The predicted molar refractivity (Wildman–Crippen MR) is 93.9 cm³/mol. The summed E-state index contributed by atoms with van der Waals surface area (Å²) in [5.41, 5.74) is 2.72. The lowest BCUT2D eigenvalue weighted by molar-refractivity contribution is 0.220. The zero-order chi connectivity index (χ0) is 16.3. The molecule has 0 amide bonds. The zero-order valence-corrected chi connectivity index (χ0v) is 15.1. The summed E-state index contributed by atoms with van der Waals surface area (Å²) in [6, 6.07) is 7.30. The third-order valence-electron chi connectivity index (χ3n) is 4.70. The smallest absolute Gasteiger partial charge is 0.122 e. The van der Waals surface area contributed by atoms with Gasteiger partial charge in [-0.1, -0.05) is 32.9 Å². The molecule has 3 nitrogen and oxygen atoms in total. The van der Waals surface area contributed by atoms with E-state index >= 15 is 0 Å². The van der Waals surface area contributed by atoms with Gasteiger partial charge in [-0.15, -0.1) is 0 Å². The lowest BCUT2D eigenvalue weighted by Crippen LogP contribution is -2.33. The number of likely N-dealkylation sites (N-methyl/N-ethyl adjacent to an activating group) is 1. The first-order chi connectivity index (χ1) is 10.3. The van der Waals surface area contributed by atoms with Gasteiger partial charge in [-0.25, -0.2) is 0 Å². The largest absolute Gasteiger partial charge is 0.492 e. The van der Waals surface area contributed by atoms with Crippen molar-refractivity contribution in [3.63, 3.8) is 0 Å². The Morgan fingerprint density at radius 2 is 2.00 bits per heavy atom. The molecule has 0 radical (unpaired) electrons. The van der Waals surface area contributed by atoms with Crippen molar-refractivity contribution >= 4 is 0 Å². The van der Waals surface area contributed by atoms with Gasteiger partial charge in [0.15, 0.2) is 0 Å². The Balaban J connectivity index is 1.87. The van der Waals surface area contributed by atoms with E-state index in [1.54, 1.807) is 0 Å². The van der Waals surface area contributed by atoms with Crippen molar-refractivity contribution in [2.24, 2.45) is 0 Å². The molecule has 1 saturated heterocycles. The predicted octanol–water partition coefficient (Wildman–Crippen LogP) is 3.31. The highest BCUT2D eigenvalue weighted by Crippen LogP contribution is 2.28. The summed E-state index contributed by atoms with van der Waals surface area (Å²) in [6.07, 6.45) is 1.27. The summed E-state index contributed by atoms with van der Waals surface area (Å²) in [7, 11) is 4.35. The Hall–Kier alpha value is -1.06. The van der Waals surface area contributed by atoms with Crippen molar-refractivity contribution in [3.8, 4) is 5.75 Å². The number of ether oxygens (including phenoxy) is 1. The van der Waals surface area contributed by atoms with Gasteiger partial charge in [-0.2, -0.15) is 0 Å². The maximum absolute atomic E-state index is 6.07. The zero-order valence-electron chi connectivity index (χ0n) is 15.1. The van der Waals surface area contributed by atoms with E-state index < -0.39 is 0 Å². The maximum Gasteiger partial charge on any atom is 0.122 e. The van der Waals surface area contributed by atoms with Crippen molar-refractivity contribution in [3.05, 3.63) is 29.3 Å². The average molecular weight is 304 g/mol. The van der Waals surface area contributed by atoms with E-state index in [0.717, 1.165) is 25.4 Å². The maximum atomic E-state index is 6.07. The number of hydrogen-bond donors (Lipinski definition) is 0. The minimum absolute atomic E-state index is 0.166. The molecule has 2 rings (SSSR count). The molecule has 1 heterocycles. The van der Waals surface area contributed by atoms with Crippen LogP contribution < -0.4 is 4.74 Å². The summed E-state index contributed by atoms with van der Waals surface area (Å²) >= 11 is 0. The summed E-state index contributed by atoms with van der Waals surface area (Å²) in [5, 5.41) is 0. The number of hydrogen-bond acceptors (Lipinski definition) is 3. The number of likely N-dealkylation sites (tertiary alicyclic amines) is 1. The van der Waals surface area contributed by atoms with Crippen LogP contribution in [0, 0.1) is 6.92 Å². The van der Waals surface area contributed by atoms with E-state index in [0.29, 0.717) is 6.04 Å². The molecule has 1 aromatic carbocycles. The Morgan fingerprint density at radius 3 is 2.59 bits per heavy atom. The molecule has 1 aromatic rings. The number of nitrogens with zero attached hydrogens (tertiary/aromatic N) is 2. The van der Waals surface area contributed by atoms with Crippen LogP contribution in [0.1, 0.15) is 38.3 Å². The third-order valence-corrected chi connectivity index (χ3v) is 4.70. The molecule has 1 atom stereocenters. The number of rotatable bonds is 5. The van der Waals surface area contributed by atoms with E-state index in [4.69, 9.17) is 4.74 Å². The van der Waals surface area contributed by atoms with Crippen LogP contribution in [0.2, 0.25) is 0 Å². The van der Waals surface area contributed by atoms with Crippen LogP contribution in [0.5, 0.6) is 5.75 Å². The van der Waals surface area contributed by atoms with Crippen LogP contribution >= 0.6 is 0 Å². The fourth-order valence-electron chi connectivity index (χ4n) is 2.94. The van der Waals surface area contributed by atoms with Crippen LogP contribution in [0.3, 0.4) is 0 Å².